The van der Waals surface area contributed by atoms with Crippen LogP contribution >= 0.6 is 12.9 Å². The Bertz CT molecular complexity index is 137. The van der Waals surface area contributed by atoms with Crippen LogP contribution in [-0.2, 0) is 8.98 Å². The zero-order chi connectivity index (χ0) is 8.81. The predicted octanol–water partition coefficient (Wildman–Crippen LogP) is -0.378. The van der Waals surface area contributed by atoms with E-state index in [1.54, 1.807) is 4.90 Å². The first-order valence-corrected chi connectivity index (χ1v) is 4.41. The molecule has 1 aliphatic heterocycles. The van der Waals surface area contributed by atoms with Gasteiger partial charge in [-0.15, -0.1) is 0 Å². The molecule has 0 radical (unpaired) electrons. The molecular formula is C7H14N2O2S. The summed E-state index contributed by atoms with van der Waals surface area (Å²) in [5, 5.41) is 0. The van der Waals surface area contributed by atoms with Gasteiger partial charge in [0.25, 0.3) is 0 Å². The first-order chi connectivity index (χ1) is 5.86. The number of rotatable bonds is 4. The van der Waals surface area contributed by atoms with E-state index in [9.17, 15) is 4.79 Å². The Morgan fingerprint density at radius 2 is 2.00 bits per heavy atom. The van der Waals surface area contributed by atoms with Gasteiger partial charge in [-0.2, -0.15) is 0 Å². The van der Waals surface area contributed by atoms with Crippen LogP contribution in [0, 0.1) is 0 Å². The van der Waals surface area contributed by atoms with Gasteiger partial charge in [-0.25, -0.2) is 0 Å². The standard InChI is InChI=1S/C7H14N2O2S/c10-7-9-3-1-8(2-4-9)5-6-11-12/h7,12H,1-6H2. The highest BCUT2D eigenvalue weighted by molar-refractivity contribution is 7.75. The minimum absolute atomic E-state index is 0.643. The number of hydrogen-bond acceptors (Lipinski definition) is 4. The minimum atomic E-state index is 0.643. The summed E-state index contributed by atoms with van der Waals surface area (Å²) in [6.07, 6.45) is 0.909. The first kappa shape index (κ1) is 9.83. The lowest BCUT2D eigenvalue weighted by atomic mass is 10.3. The van der Waals surface area contributed by atoms with Crippen LogP contribution in [0.25, 0.3) is 0 Å². The predicted molar refractivity (Wildman–Crippen MR) is 49.0 cm³/mol. The smallest absolute Gasteiger partial charge is 0.209 e. The van der Waals surface area contributed by atoms with Gasteiger partial charge in [0.1, 0.15) is 0 Å². The number of thiol groups is 1. The fourth-order valence-corrected chi connectivity index (χ4v) is 1.34. The average Bonchev–Trinajstić information content (AvgIpc) is 2.15. The van der Waals surface area contributed by atoms with Crippen LogP contribution in [0.2, 0.25) is 0 Å². The molecule has 1 aliphatic rings. The summed E-state index contributed by atoms with van der Waals surface area (Å²) >= 11 is 3.66. The Kier molecular flexibility index (Phi) is 4.42. The number of nitrogens with zero attached hydrogens (tertiary/aromatic N) is 2. The minimum Gasteiger partial charge on any atom is -0.343 e. The molecule has 0 bridgehead atoms. The Morgan fingerprint density at radius 3 is 2.50 bits per heavy atom. The molecule has 70 valence electrons. The molecule has 1 fully saturated rings. The lowest BCUT2D eigenvalue weighted by Gasteiger charge is -2.31. The molecule has 0 spiro atoms. The molecule has 0 saturated carbocycles. The molecule has 0 aliphatic carbocycles. The van der Waals surface area contributed by atoms with Crippen LogP contribution in [0.15, 0.2) is 0 Å². The van der Waals surface area contributed by atoms with Gasteiger partial charge in [-0.1, -0.05) is 0 Å². The van der Waals surface area contributed by atoms with Crippen molar-refractivity contribution in [3.05, 3.63) is 0 Å². The van der Waals surface area contributed by atoms with Crippen molar-refractivity contribution in [3.8, 4) is 0 Å². The average molecular weight is 190 g/mol. The van der Waals surface area contributed by atoms with Gasteiger partial charge < -0.3 is 9.08 Å². The van der Waals surface area contributed by atoms with E-state index < -0.39 is 0 Å². The molecule has 1 saturated heterocycles. The van der Waals surface area contributed by atoms with Crippen molar-refractivity contribution in [2.75, 3.05) is 39.3 Å². The summed E-state index contributed by atoms with van der Waals surface area (Å²) in [5.74, 6) is 0. The summed E-state index contributed by atoms with van der Waals surface area (Å²) in [4.78, 5) is 14.4. The molecule has 1 rings (SSSR count). The second kappa shape index (κ2) is 5.40. The highest BCUT2D eigenvalue weighted by Crippen LogP contribution is 1.98. The van der Waals surface area contributed by atoms with Crippen LogP contribution in [0.3, 0.4) is 0 Å². The molecule has 1 heterocycles. The monoisotopic (exact) mass is 190 g/mol. The summed E-state index contributed by atoms with van der Waals surface area (Å²) in [6.45, 7) is 5.08. The Labute approximate surface area is 78.1 Å². The van der Waals surface area contributed by atoms with E-state index in [0.29, 0.717) is 6.61 Å². The third-order valence-electron chi connectivity index (χ3n) is 2.05. The van der Waals surface area contributed by atoms with Crippen molar-refractivity contribution in [3.63, 3.8) is 0 Å². The summed E-state index contributed by atoms with van der Waals surface area (Å²) in [5.41, 5.74) is 0. The van der Waals surface area contributed by atoms with Crippen LogP contribution in [0.1, 0.15) is 0 Å². The van der Waals surface area contributed by atoms with Crippen molar-refractivity contribution in [1.29, 1.82) is 0 Å². The van der Waals surface area contributed by atoms with E-state index >= 15 is 0 Å². The molecule has 5 heteroatoms. The fraction of sp³-hybridized carbons (Fsp3) is 0.857. The zero-order valence-corrected chi connectivity index (χ0v) is 7.87. The van der Waals surface area contributed by atoms with Gasteiger partial charge in [-0.3, -0.25) is 9.69 Å². The van der Waals surface area contributed by atoms with Crippen molar-refractivity contribution in [2.24, 2.45) is 0 Å². The molecule has 0 aromatic heterocycles. The van der Waals surface area contributed by atoms with Crippen LogP contribution in [-0.4, -0.2) is 55.5 Å². The van der Waals surface area contributed by atoms with Gasteiger partial charge in [0.15, 0.2) is 0 Å². The molecule has 12 heavy (non-hydrogen) atoms. The third-order valence-corrected chi connectivity index (χ3v) is 2.24. The van der Waals surface area contributed by atoms with Crippen molar-refractivity contribution in [1.82, 2.24) is 9.80 Å². The molecule has 0 aromatic carbocycles. The van der Waals surface area contributed by atoms with Crippen molar-refractivity contribution < 1.29 is 8.98 Å². The van der Waals surface area contributed by atoms with E-state index in [2.05, 4.69) is 22.0 Å². The van der Waals surface area contributed by atoms with E-state index in [4.69, 9.17) is 0 Å². The molecule has 0 atom stereocenters. The van der Waals surface area contributed by atoms with E-state index in [1.807, 2.05) is 0 Å². The Hall–Kier alpha value is -0.260. The van der Waals surface area contributed by atoms with E-state index in [-0.39, 0.29) is 0 Å². The quantitative estimate of drug-likeness (QED) is 0.373. The van der Waals surface area contributed by atoms with Gasteiger partial charge in [0.2, 0.25) is 6.41 Å². The molecule has 0 N–H and O–H groups in total. The SMILES string of the molecule is O=CN1CCN(CCOS)CC1. The number of piperazine rings is 1. The largest absolute Gasteiger partial charge is 0.343 e. The number of amides is 1. The third kappa shape index (κ3) is 3.00. The highest BCUT2D eigenvalue weighted by Gasteiger charge is 2.14. The molecule has 0 unspecified atom stereocenters. The first-order valence-electron chi connectivity index (χ1n) is 4.05. The maximum atomic E-state index is 10.4. The normalized spacial score (nSPS) is 19.6. The van der Waals surface area contributed by atoms with Gasteiger partial charge in [0.05, 0.1) is 6.61 Å². The maximum absolute atomic E-state index is 10.4. The number of carbonyl (C=O) groups is 1. The summed E-state index contributed by atoms with van der Waals surface area (Å²) in [6, 6.07) is 0. The summed E-state index contributed by atoms with van der Waals surface area (Å²) in [7, 11) is 0. The Balaban J connectivity index is 2.12. The topological polar surface area (TPSA) is 32.8 Å². The second-order valence-electron chi connectivity index (χ2n) is 2.82. The van der Waals surface area contributed by atoms with Crippen molar-refractivity contribution >= 4 is 19.3 Å². The van der Waals surface area contributed by atoms with E-state index in [0.717, 1.165) is 39.1 Å². The van der Waals surface area contributed by atoms with Crippen LogP contribution in [0.5, 0.6) is 0 Å². The van der Waals surface area contributed by atoms with Gasteiger partial charge >= 0.3 is 0 Å². The fourth-order valence-electron chi connectivity index (χ4n) is 1.26. The summed E-state index contributed by atoms with van der Waals surface area (Å²) < 4.78 is 4.67. The van der Waals surface area contributed by atoms with Crippen molar-refractivity contribution in [2.45, 2.75) is 0 Å². The molecule has 1 amide bonds. The lowest BCUT2D eigenvalue weighted by molar-refractivity contribution is -0.119. The molecule has 4 nitrogen and oxygen atoms in total. The maximum Gasteiger partial charge on any atom is 0.209 e. The zero-order valence-electron chi connectivity index (χ0n) is 6.98. The van der Waals surface area contributed by atoms with Gasteiger partial charge in [-0.05, 0) is 12.9 Å². The molecule has 0 aromatic rings. The lowest BCUT2D eigenvalue weighted by Crippen LogP contribution is -2.46. The molecular weight excluding hydrogens is 176 g/mol. The van der Waals surface area contributed by atoms with Crippen LogP contribution < -0.4 is 0 Å². The van der Waals surface area contributed by atoms with E-state index in [1.165, 1.54) is 0 Å². The van der Waals surface area contributed by atoms with Gasteiger partial charge in [0, 0.05) is 32.7 Å². The second-order valence-corrected chi connectivity index (χ2v) is 3.07. The number of carbonyl (C=O) groups excluding carboxylic acids is 1. The van der Waals surface area contributed by atoms with Crippen LogP contribution in [0.4, 0.5) is 0 Å². The number of hydrogen-bond donors (Lipinski definition) is 1. The Morgan fingerprint density at radius 1 is 1.33 bits per heavy atom. The highest BCUT2D eigenvalue weighted by atomic mass is 32.1.